The molecule has 2 atom stereocenters. The average molecular weight is 493 g/mol. The Kier molecular flexibility index (Phi) is 6.10. The fourth-order valence-electron chi connectivity index (χ4n) is 5.51. The quantitative estimate of drug-likeness (QED) is 0.548. The molecule has 6 heterocycles. The first kappa shape index (κ1) is 22.7. The number of pyridine rings is 1. The highest BCUT2D eigenvalue weighted by Gasteiger charge is 2.31. The fraction of sp³-hybridized carbons (Fsp3) is 0.560. The summed E-state index contributed by atoms with van der Waals surface area (Å²) in [6.07, 6.45) is 3.04. The Morgan fingerprint density at radius 1 is 1.11 bits per heavy atom. The minimum Gasteiger partial charge on any atom is -0.370 e. The Labute approximate surface area is 210 Å². The highest BCUT2D eigenvalue weighted by molar-refractivity contribution is 7.15. The molecule has 2 saturated heterocycles. The number of rotatable bonds is 4. The van der Waals surface area contributed by atoms with Crippen molar-refractivity contribution < 1.29 is 4.74 Å². The largest absolute Gasteiger partial charge is 0.370 e. The monoisotopic (exact) mass is 492 g/mol. The smallest absolute Gasteiger partial charge is 0.185 e. The maximum Gasteiger partial charge on any atom is 0.185 e. The summed E-state index contributed by atoms with van der Waals surface area (Å²) in [5.41, 5.74) is 3.93. The average Bonchev–Trinajstić information content (AvgIpc) is 3.51. The molecule has 184 valence electrons. The van der Waals surface area contributed by atoms with Crippen molar-refractivity contribution in [1.29, 1.82) is 5.26 Å². The molecule has 35 heavy (non-hydrogen) atoms. The molecule has 3 aliphatic rings. The van der Waals surface area contributed by atoms with Gasteiger partial charge in [0.05, 0.1) is 35.3 Å². The van der Waals surface area contributed by atoms with Gasteiger partial charge in [0, 0.05) is 70.2 Å². The number of hydrogen-bond donors (Lipinski definition) is 0. The number of piperazine rings is 1. The van der Waals surface area contributed by atoms with Gasteiger partial charge in [0.1, 0.15) is 11.8 Å². The van der Waals surface area contributed by atoms with Crippen molar-refractivity contribution in [3.8, 4) is 6.07 Å². The van der Waals surface area contributed by atoms with Crippen molar-refractivity contribution in [3.05, 3.63) is 40.7 Å². The van der Waals surface area contributed by atoms with Crippen molar-refractivity contribution in [1.82, 2.24) is 24.4 Å². The molecule has 0 amide bonds. The van der Waals surface area contributed by atoms with E-state index < -0.39 is 0 Å². The number of likely N-dealkylation sites (N-methyl/N-ethyl adjacent to an activating group) is 1. The summed E-state index contributed by atoms with van der Waals surface area (Å²) >= 11 is 1.88. The number of aromatic nitrogens is 3. The minimum atomic E-state index is 0.129. The van der Waals surface area contributed by atoms with Gasteiger partial charge in [0.2, 0.25) is 0 Å². The number of morpholine rings is 1. The Bertz CT molecular complexity index is 1240. The summed E-state index contributed by atoms with van der Waals surface area (Å²) in [4.78, 5) is 16.2. The van der Waals surface area contributed by atoms with Crippen LogP contribution >= 0.6 is 11.3 Å². The molecule has 0 bridgehead atoms. The first-order chi connectivity index (χ1) is 17.1. The van der Waals surface area contributed by atoms with Crippen molar-refractivity contribution in [2.45, 2.75) is 32.1 Å². The van der Waals surface area contributed by atoms with Crippen LogP contribution in [0.4, 0.5) is 10.8 Å². The lowest BCUT2D eigenvalue weighted by Crippen LogP contribution is -2.51. The molecule has 0 unspecified atom stereocenters. The van der Waals surface area contributed by atoms with E-state index >= 15 is 0 Å². The molecular formula is C25H32N8OS. The minimum absolute atomic E-state index is 0.129. The van der Waals surface area contributed by atoms with Gasteiger partial charge in [-0.25, -0.2) is 9.50 Å². The van der Waals surface area contributed by atoms with Gasteiger partial charge < -0.3 is 19.4 Å². The predicted octanol–water partition coefficient (Wildman–Crippen LogP) is 2.07. The lowest BCUT2D eigenvalue weighted by atomic mass is 10.1. The van der Waals surface area contributed by atoms with Crippen molar-refractivity contribution in [2.24, 2.45) is 0 Å². The van der Waals surface area contributed by atoms with E-state index in [0.717, 1.165) is 76.5 Å². The van der Waals surface area contributed by atoms with Crippen LogP contribution in [-0.4, -0.2) is 96.0 Å². The Morgan fingerprint density at radius 3 is 2.80 bits per heavy atom. The standard InChI is InChI=1S/C25H32N8OS/c1-18-14-32(22-4-3-19(13-26)33-23(22)5-7-27-33)16-20(34-18)15-30-8-6-21-24(17-30)35-25(28-21)31-11-9-29(2)10-12-31/h3-5,7,18,20H,6,8-12,14-17H2,1-2H3/t18-,20+/m1/s1. The molecule has 0 N–H and O–H groups in total. The molecule has 10 heteroatoms. The van der Waals surface area contributed by atoms with E-state index in [1.807, 2.05) is 23.5 Å². The van der Waals surface area contributed by atoms with Gasteiger partial charge in [-0.3, -0.25) is 4.90 Å². The second kappa shape index (κ2) is 9.39. The second-order valence-corrected chi connectivity index (χ2v) is 11.0. The van der Waals surface area contributed by atoms with E-state index in [2.05, 4.69) is 50.8 Å². The Morgan fingerprint density at radius 2 is 1.97 bits per heavy atom. The van der Waals surface area contributed by atoms with Gasteiger partial charge in [-0.2, -0.15) is 10.4 Å². The number of thiazole rings is 1. The summed E-state index contributed by atoms with van der Waals surface area (Å²) < 4.78 is 8.13. The first-order valence-electron chi connectivity index (χ1n) is 12.5. The molecule has 0 aromatic carbocycles. The van der Waals surface area contributed by atoms with Crippen molar-refractivity contribution >= 4 is 27.7 Å². The van der Waals surface area contributed by atoms with Crippen LogP contribution in [0.25, 0.3) is 5.52 Å². The fourth-order valence-corrected chi connectivity index (χ4v) is 6.71. The second-order valence-electron chi connectivity index (χ2n) is 9.96. The van der Waals surface area contributed by atoms with E-state index in [9.17, 15) is 5.26 Å². The predicted molar refractivity (Wildman–Crippen MR) is 137 cm³/mol. The van der Waals surface area contributed by atoms with E-state index in [4.69, 9.17) is 9.72 Å². The highest BCUT2D eigenvalue weighted by atomic mass is 32.1. The Balaban J connectivity index is 1.14. The van der Waals surface area contributed by atoms with E-state index in [1.54, 1.807) is 10.7 Å². The van der Waals surface area contributed by atoms with Gasteiger partial charge in [-0.05, 0) is 32.2 Å². The first-order valence-corrected chi connectivity index (χ1v) is 13.3. The van der Waals surface area contributed by atoms with Crippen molar-refractivity contribution in [3.63, 3.8) is 0 Å². The van der Waals surface area contributed by atoms with Crippen LogP contribution in [0.15, 0.2) is 24.4 Å². The summed E-state index contributed by atoms with van der Waals surface area (Å²) in [6.45, 7) is 11.0. The molecule has 3 aliphatic heterocycles. The molecule has 9 nitrogen and oxygen atoms in total. The summed E-state index contributed by atoms with van der Waals surface area (Å²) in [5, 5.41) is 15.0. The van der Waals surface area contributed by atoms with Gasteiger partial charge in [0.25, 0.3) is 0 Å². The lowest BCUT2D eigenvalue weighted by Gasteiger charge is -2.40. The normalized spacial score (nSPS) is 24.0. The third kappa shape index (κ3) is 4.49. The molecule has 0 saturated carbocycles. The third-order valence-electron chi connectivity index (χ3n) is 7.35. The van der Waals surface area contributed by atoms with Crippen LogP contribution in [0.2, 0.25) is 0 Å². The molecule has 3 aromatic rings. The van der Waals surface area contributed by atoms with Crippen LogP contribution < -0.4 is 9.80 Å². The molecule has 0 spiro atoms. The maximum absolute atomic E-state index is 9.42. The van der Waals surface area contributed by atoms with E-state index in [0.29, 0.717) is 5.69 Å². The summed E-state index contributed by atoms with van der Waals surface area (Å²) in [7, 11) is 2.19. The molecular weight excluding hydrogens is 460 g/mol. The zero-order valence-corrected chi connectivity index (χ0v) is 21.2. The molecule has 0 radical (unpaired) electrons. The molecule has 6 rings (SSSR count). The number of nitrogens with zero attached hydrogens (tertiary/aromatic N) is 8. The number of nitriles is 1. The van der Waals surface area contributed by atoms with Crippen LogP contribution in [0.5, 0.6) is 0 Å². The van der Waals surface area contributed by atoms with Crippen LogP contribution in [0.3, 0.4) is 0 Å². The molecule has 2 fully saturated rings. The van der Waals surface area contributed by atoms with Crippen LogP contribution in [-0.2, 0) is 17.7 Å². The maximum atomic E-state index is 9.42. The number of ether oxygens (including phenoxy) is 1. The van der Waals surface area contributed by atoms with Gasteiger partial charge in [0.15, 0.2) is 5.13 Å². The number of anilines is 2. The zero-order valence-electron chi connectivity index (χ0n) is 20.4. The number of hydrogen-bond acceptors (Lipinski definition) is 9. The van der Waals surface area contributed by atoms with Gasteiger partial charge in [-0.15, -0.1) is 11.3 Å². The molecule has 3 aromatic heterocycles. The third-order valence-corrected chi connectivity index (χ3v) is 8.49. The zero-order chi connectivity index (χ0) is 23.9. The van der Waals surface area contributed by atoms with E-state index in [1.165, 1.54) is 15.7 Å². The van der Waals surface area contributed by atoms with Crippen molar-refractivity contribution in [2.75, 3.05) is 69.2 Å². The SMILES string of the molecule is C[C@@H]1CN(c2ccc(C#N)n3nccc23)C[C@H](CN2CCc3nc(N4CCN(C)CC4)sc3C2)O1. The highest BCUT2D eigenvalue weighted by Crippen LogP contribution is 2.32. The van der Waals surface area contributed by atoms with Crippen LogP contribution in [0, 0.1) is 11.3 Å². The Hall–Kier alpha value is -2.71. The number of fused-ring (bicyclic) bond motifs is 2. The van der Waals surface area contributed by atoms with Crippen LogP contribution in [0.1, 0.15) is 23.2 Å². The van der Waals surface area contributed by atoms with E-state index in [-0.39, 0.29) is 12.2 Å². The van der Waals surface area contributed by atoms with Gasteiger partial charge >= 0.3 is 0 Å². The lowest BCUT2D eigenvalue weighted by molar-refractivity contribution is -0.0339. The topological polar surface area (TPSA) is 76.2 Å². The molecule has 0 aliphatic carbocycles. The summed E-state index contributed by atoms with van der Waals surface area (Å²) in [6, 6.07) is 8.13. The summed E-state index contributed by atoms with van der Waals surface area (Å²) in [5.74, 6) is 0. The van der Waals surface area contributed by atoms with Gasteiger partial charge in [-0.1, -0.05) is 0 Å².